The molecule has 0 radical (unpaired) electrons. The molecule has 8 nitrogen and oxygen atoms in total. The molecule has 2 saturated carbocycles. The fourth-order valence-corrected chi connectivity index (χ4v) is 5.03. The highest BCUT2D eigenvalue weighted by Gasteiger charge is 2.52. The highest BCUT2D eigenvalue weighted by Crippen LogP contribution is 2.49. The van der Waals surface area contributed by atoms with Gasteiger partial charge in [-0.25, -0.2) is 9.59 Å². The van der Waals surface area contributed by atoms with Crippen molar-refractivity contribution < 1.29 is 23.6 Å². The highest BCUT2D eigenvalue weighted by atomic mass is 16.6. The molecule has 3 aromatic rings. The predicted molar refractivity (Wildman–Crippen MR) is 137 cm³/mol. The number of carbonyl (C=O) groups excluding carboxylic acids is 2. The molecule has 2 aliphatic rings. The van der Waals surface area contributed by atoms with Gasteiger partial charge in [0.1, 0.15) is 5.60 Å². The van der Waals surface area contributed by atoms with E-state index in [9.17, 15) is 9.59 Å². The van der Waals surface area contributed by atoms with Crippen molar-refractivity contribution >= 4 is 12.1 Å². The zero-order chi connectivity index (χ0) is 26.2. The number of carbonyl (C=O) groups is 2. The third kappa shape index (κ3) is 5.24. The molecule has 2 fully saturated rings. The molecule has 1 heterocycles. The zero-order valence-electron chi connectivity index (χ0n) is 21.8. The van der Waals surface area contributed by atoms with Crippen LogP contribution in [-0.2, 0) is 14.9 Å². The van der Waals surface area contributed by atoms with E-state index >= 15 is 0 Å². The molecule has 1 unspecified atom stereocenters. The molecule has 8 heteroatoms. The fourth-order valence-electron chi connectivity index (χ4n) is 5.03. The van der Waals surface area contributed by atoms with Gasteiger partial charge >= 0.3 is 12.1 Å². The van der Waals surface area contributed by atoms with Crippen LogP contribution in [0.3, 0.4) is 0 Å². The molecule has 0 N–H and O–H groups in total. The number of hydrogen-bond donors (Lipinski definition) is 0. The second-order valence-electron chi connectivity index (χ2n) is 11.1. The maximum Gasteiger partial charge on any atom is 0.410 e. The Hall–Kier alpha value is -3.68. The summed E-state index contributed by atoms with van der Waals surface area (Å²) in [5, 5.41) is 4.35. The van der Waals surface area contributed by atoms with Gasteiger partial charge in [0, 0.05) is 24.1 Å². The van der Waals surface area contributed by atoms with Crippen LogP contribution in [0.25, 0.3) is 11.5 Å². The van der Waals surface area contributed by atoms with Crippen LogP contribution in [0.1, 0.15) is 74.1 Å². The monoisotopic (exact) mass is 503 g/mol. The first-order chi connectivity index (χ1) is 17.7. The van der Waals surface area contributed by atoms with Crippen LogP contribution in [0.15, 0.2) is 59.1 Å². The molecule has 37 heavy (non-hydrogen) atoms. The molecular formula is C29H33N3O5. The van der Waals surface area contributed by atoms with Crippen LogP contribution < -0.4 is 0 Å². The van der Waals surface area contributed by atoms with Crippen molar-refractivity contribution in [1.82, 2.24) is 15.0 Å². The molecule has 2 aliphatic carbocycles. The largest absolute Gasteiger partial charge is 0.465 e. The Labute approximate surface area is 217 Å². The van der Waals surface area contributed by atoms with Gasteiger partial charge in [-0.05, 0) is 69.9 Å². The molecule has 194 valence electrons. The molecule has 0 saturated heterocycles. The number of hydrogen-bond acceptors (Lipinski definition) is 7. The van der Waals surface area contributed by atoms with Crippen LogP contribution in [0.4, 0.5) is 4.79 Å². The summed E-state index contributed by atoms with van der Waals surface area (Å²) in [6, 6.07) is 17.3. The minimum Gasteiger partial charge on any atom is -0.465 e. The number of methoxy groups -OCH3 is 1. The van der Waals surface area contributed by atoms with Gasteiger partial charge < -0.3 is 18.9 Å². The van der Waals surface area contributed by atoms with Gasteiger partial charge in [-0.3, -0.25) is 0 Å². The number of benzene rings is 2. The summed E-state index contributed by atoms with van der Waals surface area (Å²) < 4.78 is 16.2. The first-order valence-corrected chi connectivity index (χ1v) is 12.8. The summed E-state index contributed by atoms with van der Waals surface area (Å²) >= 11 is 0. The third-order valence-corrected chi connectivity index (χ3v) is 7.25. The number of nitrogens with zero attached hydrogens (tertiary/aromatic N) is 3. The quantitative estimate of drug-likeness (QED) is 0.380. The molecular weight excluding hydrogens is 470 g/mol. The van der Waals surface area contributed by atoms with Crippen molar-refractivity contribution in [3.8, 4) is 11.5 Å². The summed E-state index contributed by atoms with van der Waals surface area (Å²) in [7, 11) is 1.35. The van der Waals surface area contributed by atoms with E-state index < -0.39 is 11.6 Å². The molecule has 2 aromatic carbocycles. The Balaban J connectivity index is 1.38. The minimum absolute atomic E-state index is 0.0759. The maximum atomic E-state index is 13.4. The van der Waals surface area contributed by atoms with E-state index in [2.05, 4.69) is 17.3 Å². The van der Waals surface area contributed by atoms with E-state index in [-0.39, 0.29) is 17.6 Å². The van der Waals surface area contributed by atoms with E-state index in [0.717, 1.165) is 31.2 Å². The summed E-state index contributed by atoms with van der Waals surface area (Å²) in [5.74, 6) is 0.883. The van der Waals surface area contributed by atoms with Crippen molar-refractivity contribution in [3.05, 3.63) is 71.5 Å². The summed E-state index contributed by atoms with van der Waals surface area (Å²) in [5.41, 5.74) is 1.44. The van der Waals surface area contributed by atoms with E-state index in [1.165, 1.54) is 12.7 Å². The van der Waals surface area contributed by atoms with Crippen LogP contribution in [-0.4, -0.2) is 52.4 Å². The zero-order valence-corrected chi connectivity index (χ0v) is 21.8. The summed E-state index contributed by atoms with van der Waals surface area (Å²) in [6.07, 6.45) is 3.38. The Morgan fingerprint density at radius 3 is 2.38 bits per heavy atom. The highest BCUT2D eigenvalue weighted by molar-refractivity contribution is 5.89. The molecule has 2 atom stereocenters. The molecule has 0 bridgehead atoms. The fraction of sp³-hybridized carbons (Fsp3) is 0.448. The lowest BCUT2D eigenvalue weighted by Gasteiger charge is -2.43. The SMILES string of the molecule is COC(=O)c1ccc(-c2nc(C3(CN(C(=O)OC(C)(C)C)[C@H]4CC4c4ccccc4)CCC3)no2)cc1. The maximum absolute atomic E-state index is 13.4. The number of ether oxygens (including phenoxy) is 2. The molecule has 5 rings (SSSR count). The van der Waals surface area contributed by atoms with Crippen LogP contribution in [0, 0.1) is 0 Å². The van der Waals surface area contributed by atoms with Crippen LogP contribution in [0.2, 0.25) is 0 Å². The lowest BCUT2D eigenvalue weighted by molar-refractivity contribution is 0.0123. The average molecular weight is 504 g/mol. The second-order valence-corrected chi connectivity index (χ2v) is 11.1. The third-order valence-electron chi connectivity index (χ3n) is 7.25. The second kappa shape index (κ2) is 9.65. The van der Waals surface area contributed by atoms with Gasteiger partial charge in [0.15, 0.2) is 5.82 Å². The minimum atomic E-state index is -0.588. The van der Waals surface area contributed by atoms with Gasteiger partial charge in [-0.2, -0.15) is 4.98 Å². The molecule has 1 aromatic heterocycles. The van der Waals surface area contributed by atoms with E-state index in [1.54, 1.807) is 24.3 Å². The number of rotatable bonds is 7. The Morgan fingerprint density at radius 2 is 1.78 bits per heavy atom. The first kappa shape index (κ1) is 25.0. The van der Waals surface area contributed by atoms with E-state index in [1.807, 2.05) is 43.9 Å². The predicted octanol–water partition coefficient (Wildman–Crippen LogP) is 5.74. The van der Waals surface area contributed by atoms with Gasteiger partial charge in [0.2, 0.25) is 0 Å². The average Bonchev–Trinajstić information content (AvgIpc) is 3.49. The molecule has 1 amide bonds. The Bertz CT molecular complexity index is 1260. The van der Waals surface area contributed by atoms with Gasteiger partial charge in [-0.15, -0.1) is 0 Å². The van der Waals surface area contributed by atoms with Gasteiger partial charge in [0.05, 0.1) is 18.1 Å². The Morgan fingerprint density at radius 1 is 1.08 bits per heavy atom. The lowest BCUT2D eigenvalue weighted by atomic mass is 9.67. The van der Waals surface area contributed by atoms with E-state index in [4.69, 9.17) is 19.0 Å². The lowest BCUT2D eigenvalue weighted by Crippen LogP contribution is -2.50. The standard InChI is InChI=1S/C29H33N3O5/c1-28(2,3)36-27(34)32(23-17-22(23)19-9-6-5-7-10-19)18-29(15-8-16-29)26-30-24(37-31-26)20-11-13-21(14-12-20)25(33)35-4/h5-7,9-14,22-23H,8,15-18H2,1-4H3/t22?,23-/m0/s1. The van der Waals surface area contributed by atoms with Gasteiger partial charge in [-0.1, -0.05) is 41.9 Å². The summed E-state index contributed by atoms with van der Waals surface area (Å²) in [4.78, 5) is 31.8. The molecule has 0 spiro atoms. The van der Waals surface area contributed by atoms with Crippen molar-refractivity contribution in [1.29, 1.82) is 0 Å². The number of aromatic nitrogens is 2. The van der Waals surface area contributed by atoms with Crippen LogP contribution >= 0.6 is 0 Å². The number of esters is 1. The number of amides is 1. The molecule has 0 aliphatic heterocycles. The summed E-state index contributed by atoms with van der Waals surface area (Å²) in [6.45, 7) is 6.15. The smallest absolute Gasteiger partial charge is 0.410 e. The van der Waals surface area contributed by atoms with Crippen molar-refractivity contribution in [2.24, 2.45) is 0 Å². The van der Waals surface area contributed by atoms with Crippen molar-refractivity contribution in [3.63, 3.8) is 0 Å². The van der Waals surface area contributed by atoms with Crippen LogP contribution in [0.5, 0.6) is 0 Å². The van der Waals surface area contributed by atoms with Gasteiger partial charge in [0.25, 0.3) is 5.89 Å². The van der Waals surface area contributed by atoms with Crippen molar-refractivity contribution in [2.75, 3.05) is 13.7 Å². The Kier molecular flexibility index (Phi) is 6.52. The first-order valence-electron chi connectivity index (χ1n) is 12.8. The van der Waals surface area contributed by atoms with E-state index in [0.29, 0.717) is 29.7 Å². The topological polar surface area (TPSA) is 94.8 Å². The van der Waals surface area contributed by atoms with Crippen molar-refractivity contribution in [2.45, 2.75) is 69.4 Å². The normalized spacial score (nSPS) is 20.0.